The second-order valence-corrected chi connectivity index (χ2v) is 10.5. The third-order valence-corrected chi connectivity index (χ3v) is 5.82. The molecular weight excluding hydrogens is 390 g/mol. The highest BCUT2D eigenvalue weighted by Crippen LogP contribution is 2.18. The molecule has 5 heteroatoms. The van der Waals surface area contributed by atoms with Crippen molar-refractivity contribution in [3.63, 3.8) is 0 Å². The first-order valence-corrected chi connectivity index (χ1v) is 12.8. The van der Waals surface area contributed by atoms with E-state index in [1.807, 2.05) is 21.1 Å². The summed E-state index contributed by atoms with van der Waals surface area (Å²) in [5.41, 5.74) is 0. The predicted molar refractivity (Wildman–Crippen MR) is 126 cm³/mol. The van der Waals surface area contributed by atoms with Gasteiger partial charge in [0.25, 0.3) is 0 Å². The Morgan fingerprint density at radius 1 is 0.806 bits per heavy atom. The van der Waals surface area contributed by atoms with Gasteiger partial charge in [0.1, 0.15) is 6.54 Å². The maximum absolute atomic E-state index is 12.1. The summed E-state index contributed by atoms with van der Waals surface area (Å²) in [5.74, 6) is -0.761. The topological polar surface area (TPSA) is 66.4 Å². The van der Waals surface area contributed by atoms with Crippen LogP contribution in [0.1, 0.15) is 117 Å². The van der Waals surface area contributed by atoms with Gasteiger partial charge in [-0.15, -0.1) is 0 Å². The number of likely N-dealkylation sites (N-methyl/N-ethyl adjacent to an activating group) is 1. The molecule has 0 aromatic heterocycles. The molecule has 0 heterocycles. The van der Waals surface area contributed by atoms with Crippen molar-refractivity contribution < 1.29 is 23.9 Å². The second kappa shape index (κ2) is 18.5. The van der Waals surface area contributed by atoms with Crippen molar-refractivity contribution >= 4 is 11.9 Å². The molecule has 0 aromatic rings. The van der Waals surface area contributed by atoms with E-state index in [2.05, 4.69) is 13.8 Å². The van der Waals surface area contributed by atoms with Crippen LogP contribution in [0.25, 0.3) is 0 Å². The first-order chi connectivity index (χ1) is 14.6. The molecule has 2 unspecified atom stereocenters. The summed E-state index contributed by atoms with van der Waals surface area (Å²) in [6.45, 7) is 5.04. The molecule has 5 nitrogen and oxygen atoms in total. The maximum Gasteiger partial charge on any atom is 0.306 e. The lowest BCUT2D eigenvalue weighted by Gasteiger charge is -2.29. The van der Waals surface area contributed by atoms with Crippen LogP contribution < -0.4 is 5.11 Å². The van der Waals surface area contributed by atoms with E-state index < -0.39 is 12.1 Å². The van der Waals surface area contributed by atoms with E-state index in [-0.39, 0.29) is 12.4 Å². The summed E-state index contributed by atoms with van der Waals surface area (Å²) < 4.78 is 5.95. The summed E-state index contributed by atoms with van der Waals surface area (Å²) in [6, 6.07) is 0. The molecule has 0 saturated carbocycles. The van der Waals surface area contributed by atoms with E-state index >= 15 is 0 Å². The number of nitrogens with zero attached hydrogens (tertiary/aromatic N) is 1. The van der Waals surface area contributed by atoms with Crippen molar-refractivity contribution in [2.45, 2.75) is 123 Å². The minimum Gasteiger partial charge on any atom is -0.550 e. The first kappa shape index (κ1) is 29.9. The Balaban J connectivity index is 3.72. The van der Waals surface area contributed by atoms with Crippen molar-refractivity contribution in [2.24, 2.45) is 5.92 Å². The molecule has 0 bridgehead atoms. The smallest absolute Gasteiger partial charge is 0.306 e. The van der Waals surface area contributed by atoms with Crippen LogP contribution in [0.5, 0.6) is 0 Å². The zero-order chi connectivity index (χ0) is 23.5. The average Bonchev–Trinajstić information content (AvgIpc) is 2.64. The number of unbranched alkanes of at least 4 members (excludes halogenated alkanes) is 10. The average molecular weight is 442 g/mol. The van der Waals surface area contributed by atoms with Gasteiger partial charge >= 0.3 is 5.97 Å². The molecule has 0 aromatic carbocycles. The number of carbonyl (C=O) groups excluding carboxylic acids is 2. The maximum atomic E-state index is 12.1. The third-order valence-electron chi connectivity index (χ3n) is 5.82. The van der Waals surface area contributed by atoms with Gasteiger partial charge in [-0.25, -0.2) is 0 Å². The van der Waals surface area contributed by atoms with E-state index in [9.17, 15) is 14.7 Å². The number of carbonyl (C=O) groups is 2. The van der Waals surface area contributed by atoms with E-state index in [1.54, 1.807) is 0 Å². The Labute approximate surface area is 192 Å². The van der Waals surface area contributed by atoms with Crippen LogP contribution in [-0.2, 0) is 14.3 Å². The Bertz CT molecular complexity index is 459. The molecule has 0 fully saturated rings. The second-order valence-electron chi connectivity index (χ2n) is 10.5. The standard InChI is InChI=1S/C26H51NO4/c1-6-7-8-9-10-11-12-13-14-15-18-23(2)19-16-17-20-26(30)31-24(21-25(28)29)22-27(3,4)5/h23-24H,6-22H2,1-5H3. The van der Waals surface area contributed by atoms with Gasteiger partial charge in [-0.1, -0.05) is 97.3 Å². The van der Waals surface area contributed by atoms with Gasteiger partial charge in [-0.3, -0.25) is 4.79 Å². The highest BCUT2D eigenvalue weighted by atomic mass is 16.5. The molecule has 2 atom stereocenters. The molecule has 0 saturated heterocycles. The quantitative estimate of drug-likeness (QED) is 0.139. The Morgan fingerprint density at radius 2 is 1.29 bits per heavy atom. The van der Waals surface area contributed by atoms with Crippen molar-refractivity contribution in [3.05, 3.63) is 0 Å². The summed E-state index contributed by atoms with van der Waals surface area (Å²) in [5, 5.41) is 10.9. The highest BCUT2D eigenvalue weighted by Gasteiger charge is 2.22. The SMILES string of the molecule is CCCCCCCCCCCCC(C)CCCCC(=O)OC(CC(=O)[O-])C[N+](C)(C)C. The van der Waals surface area contributed by atoms with Crippen LogP contribution in [0.4, 0.5) is 0 Å². The minimum atomic E-state index is -1.17. The summed E-state index contributed by atoms with van der Waals surface area (Å²) in [4.78, 5) is 23.0. The molecule has 0 spiro atoms. The van der Waals surface area contributed by atoms with Crippen molar-refractivity contribution in [3.8, 4) is 0 Å². The van der Waals surface area contributed by atoms with Gasteiger partial charge < -0.3 is 19.1 Å². The van der Waals surface area contributed by atoms with Crippen molar-refractivity contribution in [1.82, 2.24) is 0 Å². The van der Waals surface area contributed by atoms with Gasteiger partial charge in [0.2, 0.25) is 0 Å². The van der Waals surface area contributed by atoms with E-state index in [4.69, 9.17) is 4.74 Å². The number of quaternary nitrogens is 1. The lowest BCUT2D eigenvalue weighted by molar-refractivity contribution is -0.873. The first-order valence-electron chi connectivity index (χ1n) is 12.8. The van der Waals surface area contributed by atoms with Crippen LogP contribution >= 0.6 is 0 Å². The van der Waals surface area contributed by atoms with E-state index in [0.717, 1.165) is 19.3 Å². The fraction of sp³-hybridized carbons (Fsp3) is 0.923. The Morgan fingerprint density at radius 3 is 1.77 bits per heavy atom. The largest absolute Gasteiger partial charge is 0.550 e. The Kier molecular flexibility index (Phi) is 17.8. The molecule has 0 N–H and O–H groups in total. The number of hydrogen-bond donors (Lipinski definition) is 0. The molecule has 0 rings (SSSR count). The monoisotopic (exact) mass is 441 g/mol. The third kappa shape index (κ3) is 21.9. The van der Waals surface area contributed by atoms with Crippen LogP contribution in [0.15, 0.2) is 0 Å². The molecule has 0 aliphatic heterocycles. The molecular formula is C26H51NO4. The normalized spacial score (nSPS) is 13.7. The van der Waals surface area contributed by atoms with Gasteiger partial charge in [0.15, 0.2) is 6.10 Å². The zero-order valence-electron chi connectivity index (χ0n) is 21.3. The van der Waals surface area contributed by atoms with Gasteiger partial charge in [0.05, 0.1) is 21.1 Å². The lowest BCUT2D eigenvalue weighted by Crippen LogP contribution is -2.45. The number of rotatable bonds is 21. The van der Waals surface area contributed by atoms with Gasteiger partial charge in [-0.2, -0.15) is 0 Å². The summed E-state index contributed by atoms with van der Waals surface area (Å²) in [6.07, 6.45) is 17.5. The molecule has 0 amide bonds. The fourth-order valence-electron chi connectivity index (χ4n) is 4.07. The number of hydrogen-bond acceptors (Lipinski definition) is 4. The van der Waals surface area contributed by atoms with Crippen molar-refractivity contribution in [1.29, 1.82) is 0 Å². The molecule has 0 radical (unpaired) electrons. The molecule has 0 aliphatic carbocycles. The number of aliphatic carboxylic acids is 1. The number of carboxylic acids is 1. The predicted octanol–water partition coefficient (Wildman–Crippen LogP) is 5.25. The van der Waals surface area contributed by atoms with E-state index in [1.165, 1.54) is 70.6 Å². The molecule has 184 valence electrons. The van der Waals surface area contributed by atoms with Crippen LogP contribution in [-0.4, -0.2) is 50.2 Å². The summed E-state index contributed by atoms with van der Waals surface area (Å²) >= 11 is 0. The minimum absolute atomic E-state index is 0.239. The number of carboxylic acid groups (broad SMARTS) is 1. The molecule has 0 aliphatic rings. The number of esters is 1. The van der Waals surface area contributed by atoms with Gasteiger partial charge in [0, 0.05) is 18.8 Å². The Hall–Kier alpha value is -1.10. The fourth-order valence-corrected chi connectivity index (χ4v) is 4.07. The highest BCUT2D eigenvalue weighted by molar-refractivity contribution is 5.70. The van der Waals surface area contributed by atoms with Crippen LogP contribution in [0.3, 0.4) is 0 Å². The lowest BCUT2D eigenvalue weighted by atomic mass is 9.96. The van der Waals surface area contributed by atoms with E-state index in [0.29, 0.717) is 23.4 Å². The molecule has 31 heavy (non-hydrogen) atoms. The number of ether oxygens (including phenoxy) is 1. The van der Waals surface area contributed by atoms with Gasteiger partial charge in [-0.05, 0) is 12.3 Å². The van der Waals surface area contributed by atoms with Crippen molar-refractivity contribution in [2.75, 3.05) is 27.7 Å². The van der Waals surface area contributed by atoms with Crippen LogP contribution in [0.2, 0.25) is 0 Å². The summed E-state index contributed by atoms with van der Waals surface area (Å²) in [7, 11) is 5.85. The zero-order valence-corrected chi connectivity index (χ0v) is 21.3. The van der Waals surface area contributed by atoms with Crippen LogP contribution in [0, 0.1) is 5.92 Å².